The van der Waals surface area contributed by atoms with E-state index in [1.807, 2.05) is 0 Å². The monoisotopic (exact) mass is 210 g/mol. The van der Waals surface area contributed by atoms with Gasteiger partial charge in [0.05, 0.1) is 6.61 Å². The van der Waals surface area contributed by atoms with Gasteiger partial charge in [-0.3, -0.25) is 0 Å². The van der Waals surface area contributed by atoms with E-state index in [2.05, 4.69) is 24.1 Å². The van der Waals surface area contributed by atoms with Gasteiger partial charge in [-0.1, -0.05) is 13.8 Å². The summed E-state index contributed by atoms with van der Waals surface area (Å²) in [4.78, 5) is 4.44. The second-order valence-corrected chi connectivity index (χ2v) is 4.33. The van der Waals surface area contributed by atoms with E-state index < -0.39 is 0 Å². The third kappa shape index (κ3) is 2.79. The Balaban J connectivity index is 1.99. The first-order valence-corrected chi connectivity index (χ1v) is 5.52. The summed E-state index contributed by atoms with van der Waals surface area (Å²) in [6.07, 6.45) is 2.67. The van der Waals surface area contributed by atoms with Crippen LogP contribution < -0.4 is 5.32 Å². The van der Waals surface area contributed by atoms with Gasteiger partial charge in [-0.25, -0.2) is 4.98 Å². The second-order valence-electron chi connectivity index (χ2n) is 4.33. The molecule has 1 unspecified atom stereocenters. The second kappa shape index (κ2) is 4.77. The lowest BCUT2D eigenvalue weighted by Gasteiger charge is -2.21. The fraction of sp³-hybridized carbons (Fsp3) is 0.727. The van der Waals surface area contributed by atoms with Crippen molar-refractivity contribution in [3.63, 3.8) is 0 Å². The van der Waals surface area contributed by atoms with Gasteiger partial charge in [-0.2, -0.15) is 0 Å². The molecule has 1 aromatic heterocycles. The molecule has 0 aliphatic carbocycles. The van der Waals surface area contributed by atoms with Crippen LogP contribution in [0.25, 0.3) is 0 Å². The van der Waals surface area contributed by atoms with Gasteiger partial charge in [-0.15, -0.1) is 0 Å². The number of morpholine rings is 1. The molecule has 1 atom stereocenters. The lowest BCUT2D eigenvalue weighted by molar-refractivity contribution is 0.0249. The zero-order valence-corrected chi connectivity index (χ0v) is 9.32. The molecule has 1 aliphatic heterocycles. The average molecular weight is 210 g/mol. The molecule has 2 rings (SSSR count). The predicted molar refractivity (Wildman–Crippen MR) is 56.6 cm³/mol. The van der Waals surface area contributed by atoms with Gasteiger partial charge in [0.2, 0.25) is 0 Å². The fourth-order valence-electron chi connectivity index (χ4n) is 1.67. The van der Waals surface area contributed by atoms with E-state index in [9.17, 15) is 0 Å². The molecule has 1 N–H and O–H groups in total. The van der Waals surface area contributed by atoms with Crippen LogP contribution in [0.5, 0.6) is 0 Å². The number of aromatic nitrogens is 1. The molecule has 84 valence electrons. The molecule has 0 bridgehead atoms. The third-order valence-electron chi connectivity index (χ3n) is 2.41. The van der Waals surface area contributed by atoms with Crippen molar-refractivity contribution in [2.24, 2.45) is 5.92 Å². The smallest absolute Gasteiger partial charge is 0.194 e. The highest BCUT2D eigenvalue weighted by Gasteiger charge is 2.19. The van der Waals surface area contributed by atoms with E-state index in [1.165, 1.54) is 0 Å². The molecule has 1 fully saturated rings. The van der Waals surface area contributed by atoms with Crippen LogP contribution >= 0.6 is 0 Å². The Morgan fingerprint density at radius 2 is 2.47 bits per heavy atom. The molecule has 0 saturated carbocycles. The SMILES string of the molecule is CC(C)Cc1nc(C2CNCCO2)co1. The van der Waals surface area contributed by atoms with Gasteiger partial charge in [0.25, 0.3) is 0 Å². The van der Waals surface area contributed by atoms with Gasteiger partial charge in [-0.05, 0) is 5.92 Å². The minimum absolute atomic E-state index is 0.0587. The Morgan fingerprint density at radius 1 is 1.60 bits per heavy atom. The summed E-state index contributed by atoms with van der Waals surface area (Å²) in [5.74, 6) is 1.39. The normalized spacial score (nSPS) is 22.2. The van der Waals surface area contributed by atoms with Crippen LogP contribution in [0.15, 0.2) is 10.7 Å². The van der Waals surface area contributed by atoms with Gasteiger partial charge in [0.15, 0.2) is 5.89 Å². The van der Waals surface area contributed by atoms with Gasteiger partial charge >= 0.3 is 0 Å². The maximum atomic E-state index is 5.60. The minimum Gasteiger partial charge on any atom is -0.449 e. The summed E-state index contributed by atoms with van der Waals surface area (Å²) in [6.45, 7) is 6.81. The topological polar surface area (TPSA) is 47.3 Å². The van der Waals surface area contributed by atoms with Crippen molar-refractivity contribution < 1.29 is 9.15 Å². The minimum atomic E-state index is 0.0587. The Labute approximate surface area is 90.0 Å². The summed E-state index contributed by atoms with van der Waals surface area (Å²) < 4.78 is 11.0. The first kappa shape index (κ1) is 10.6. The van der Waals surface area contributed by atoms with E-state index >= 15 is 0 Å². The molecule has 0 amide bonds. The molecule has 15 heavy (non-hydrogen) atoms. The third-order valence-corrected chi connectivity index (χ3v) is 2.41. The summed E-state index contributed by atoms with van der Waals surface area (Å²) in [5, 5.41) is 3.28. The van der Waals surface area contributed by atoms with Crippen molar-refractivity contribution in [2.75, 3.05) is 19.7 Å². The number of rotatable bonds is 3. The standard InChI is InChI=1S/C11H18N2O2/c1-8(2)5-11-13-9(7-15-11)10-6-12-3-4-14-10/h7-8,10,12H,3-6H2,1-2H3. The van der Waals surface area contributed by atoms with Crippen molar-refractivity contribution >= 4 is 0 Å². The summed E-state index contributed by atoms with van der Waals surface area (Å²) >= 11 is 0. The largest absolute Gasteiger partial charge is 0.449 e. The Kier molecular flexibility index (Phi) is 3.38. The molecule has 1 aromatic rings. The zero-order chi connectivity index (χ0) is 10.7. The number of hydrogen-bond acceptors (Lipinski definition) is 4. The van der Waals surface area contributed by atoms with Crippen LogP contribution in [0.4, 0.5) is 0 Å². The van der Waals surface area contributed by atoms with E-state index in [1.54, 1.807) is 6.26 Å². The Hall–Kier alpha value is -0.870. The molecule has 2 heterocycles. The quantitative estimate of drug-likeness (QED) is 0.822. The van der Waals surface area contributed by atoms with Crippen molar-refractivity contribution in [3.8, 4) is 0 Å². The van der Waals surface area contributed by atoms with Crippen LogP contribution in [-0.4, -0.2) is 24.7 Å². The highest BCUT2D eigenvalue weighted by atomic mass is 16.5. The van der Waals surface area contributed by atoms with Crippen molar-refractivity contribution in [1.82, 2.24) is 10.3 Å². The van der Waals surface area contributed by atoms with E-state index in [0.717, 1.165) is 37.7 Å². The Morgan fingerprint density at radius 3 is 3.13 bits per heavy atom. The van der Waals surface area contributed by atoms with Crippen LogP contribution in [-0.2, 0) is 11.2 Å². The number of ether oxygens (including phenoxy) is 1. The lowest BCUT2D eigenvalue weighted by Crippen LogP contribution is -2.33. The van der Waals surface area contributed by atoms with Crippen molar-refractivity contribution in [2.45, 2.75) is 26.4 Å². The molecule has 1 aliphatic rings. The number of nitrogens with one attached hydrogen (secondary N) is 1. The van der Waals surface area contributed by atoms with E-state index in [-0.39, 0.29) is 6.10 Å². The lowest BCUT2D eigenvalue weighted by atomic mass is 10.1. The predicted octanol–water partition coefficient (Wildman–Crippen LogP) is 1.53. The molecule has 0 spiro atoms. The average Bonchev–Trinajstić information content (AvgIpc) is 2.67. The number of hydrogen-bond donors (Lipinski definition) is 1. The van der Waals surface area contributed by atoms with Gasteiger partial charge in [0.1, 0.15) is 18.1 Å². The van der Waals surface area contributed by atoms with Crippen LogP contribution in [0.2, 0.25) is 0 Å². The first-order valence-electron chi connectivity index (χ1n) is 5.52. The van der Waals surface area contributed by atoms with Crippen LogP contribution in [0.1, 0.15) is 31.5 Å². The fourth-order valence-corrected chi connectivity index (χ4v) is 1.67. The molecule has 0 aromatic carbocycles. The van der Waals surface area contributed by atoms with Gasteiger partial charge < -0.3 is 14.5 Å². The van der Waals surface area contributed by atoms with Crippen LogP contribution in [0.3, 0.4) is 0 Å². The molecular weight excluding hydrogens is 192 g/mol. The highest BCUT2D eigenvalue weighted by molar-refractivity contribution is 5.03. The summed E-state index contributed by atoms with van der Waals surface area (Å²) in [5.41, 5.74) is 0.915. The van der Waals surface area contributed by atoms with Crippen LogP contribution in [0, 0.1) is 5.92 Å². The maximum absolute atomic E-state index is 5.60. The van der Waals surface area contributed by atoms with E-state index in [0.29, 0.717) is 5.92 Å². The molecule has 4 heteroatoms. The summed E-state index contributed by atoms with van der Waals surface area (Å²) in [7, 11) is 0. The molecule has 1 saturated heterocycles. The molecular formula is C11H18N2O2. The highest BCUT2D eigenvalue weighted by Crippen LogP contribution is 2.19. The zero-order valence-electron chi connectivity index (χ0n) is 9.32. The molecule has 4 nitrogen and oxygen atoms in total. The number of oxazole rings is 1. The van der Waals surface area contributed by atoms with Crippen molar-refractivity contribution in [1.29, 1.82) is 0 Å². The van der Waals surface area contributed by atoms with Gasteiger partial charge in [0, 0.05) is 19.5 Å². The number of nitrogens with zero attached hydrogens (tertiary/aromatic N) is 1. The summed E-state index contributed by atoms with van der Waals surface area (Å²) in [6, 6.07) is 0. The van der Waals surface area contributed by atoms with E-state index in [4.69, 9.17) is 9.15 Å². The first-order chi connectivity index (χ1) is 7.25. The molecule has 0 radical (unpaired) electrons. The Bertz CT molecular complexity index is 303. The van der Waals surface area contributed by atoms with Crippen molar-refractivity contribution in [3.05, 3.63) is 17.8 Å². The maximum Gasteiger partial charge on any atom is 0.194 e.